The minimum absolute atomic E-state index is 0.0691. The summed E-state index contributed by atoms with van der Waals surface area (Å²) in [5.41, 5.74) is 5.87. The van der Waals surface area contributed by atoms with Crippen LogP contribution in [-0.4, -0.2) is 31.6 Å². The molecule has 1 fully saturated rings. The molecule has 1 aliphatic rings. The van der Waals surface area contributed by atoms with E-state index in [4.69, 9.17) is 15.2 Å². The number of nitrogens with two attached hydrogens (primary N) is 1. The van der Waals surface area contributed by atoms with E-state index >= 15 is 0 Å². The first kappa shape index (κ1) is 14.0. The molecule has 0 saturated carbocycles. The highest BCUT2D eigenvalue weighted by Crippen LogP contribution is 2.23. The number of rotatable bonds is 4. The van der Waals surface area contributed by atoms with E-state index in [0.29, 0.717) is 31.6 Å². The summed E-state index contributed by atoms with van der Waals surface area (Å²) in [4.78, 5) is 12.2. The number of benzene rings is 1. The number of halogens is 1. The van der Waals surface area contributed by atoms with Crippen LogP contribution in [-0.2, 0) is 16.0 Å². The van der Waals surface area contributed by atoms with Crippen molar-refractivity contribution < 1.29 is 18.7 Å². The largest absolute Gasteiger partial charge is 0.494 e. The Morgan fingerprint density at radius 2 is 2.16 bits per heavy atom. The highest BCUT2D eigenvalue weighted by atomic mass is 19.1. The Hall–Kier alpha value is -1.46. The van der Waals surface area contributed by atoms with Crippen molar-refractivity contribution in [3.05, 3.63) is 29.6 Å². The Balaban J connectivity index is 2.08. The number of ether oxygens (including phenoxy) is 2. The van der Waals surface area contributed by atoms with E-state index < -0.39 is 11.4 Å². The number of carbonyl (C=O) groups is 1. The van der Waals surface area contributed by atoms with Crippen molar-refractivity contribution in [2.45, 2.75) is 24.8 Å². The molecule has 0 unspecified atom stereocenters. The van der Waals surface area contributed by atoms with Crippen LogP contribution in [0.25, 0.3) is 0 Å². The van der Waals surface area contributed by atoms with Gasteiger partial charge in [-0.05, 0) is 30.5 Å². The minimum atomic E-state index is -0.839. The maximum Gasteiger partial charge on any atom is 0.165 e. The van der Waals surface area contributed by atoms with Crippen molar-refractivity contribution in [1.29, 1.82) is 0 Å². The highest BCUT2D eigenvalue weighted by molar-refractivity contribution is 5.90. The summed E-state index contributed by atoms with van der Waals surface area (Å²) < 4.78 is 23.6. The second kappa shape index (κ2) is 5.67. The molecule has 0 bridgehead atoms. The molecule has 0 amide bonds. The van der Waals surface area contributed by atoms with Crippen LogP contribution in [0.15, 0.2) is 18.2 Å². The fraction of sp³-hybridized carbons (Fsp3) is 0.500. The first-order chi connectivity index (χ1) is 9.05. The van der Waals surface area contributed by atoms with Crippen LogP contribution in [0.1, 0.15) is 18.4 Å². The van der Waals surface area contributed by atoms with E-state index in [1.807, 2.05) is 0 Å². The molecule has 5 heteroatoms. The Labute approximate surface area is 111 Å². The van der Waals surface area contributed by atoms with Gasteiger partial charge < -0.3 is 15.2 Å². The number of Topliss-reactive ketones (excluding diaryl/α,β-unsaturated/α-hetero) is 1. The molecule has 1 heterocycles. The van der Waals surface area contributed by atoms with Gasteiger partial charge in [-0.3, -0.25) is 4.79 Å². The van der Waals surface area contributed by atoms with Gasteiger partial charge in [0.2, 0.25) is 0 Å². The van der Waals surface area contributed by atoms with Crippen LogP contribution in [0.4, 0.5) is 4.39 Å². The quantitative estimate of drug-likeness (QED) is 0.897. The molecule has 1 aliphatic heterocycles. The first-order valence-corrected chi connectivity index (χ1v) is 6.27. The fourth-order valence-electron chi connectivity index (χ4n) is 2.20. The summed E-state index contributed by atoms with van der Waals surface area (Å²) >= 11 is 0. The lowest BCUT2D eigenvalue weighted by molar-refractivity contribution is -0.126. The van der Waals surface area contributed by atoms with Gasteiger partial charge >= 0.3 is 0 Å². The Morgan fingerprint density at radius 1 is 1.47 bits per heavy atom. The zero-order valence-corrected chi connectivity index (χ0v) is 10.9. The number of ketones is 1. The van der Waals surface area contributed by atoms with Gasteiger partial charge in [-0.25, -0.2) is 4.39 Å². The van der Waals surface area contributed by atoms with Crippen molar-refractivity contribution in [2.75, 3.05) is 20.3 Å². The van der Waals surface area contributed by atoms with Gasteiger partial charge in [-0.2, -0.15) is 0 Å². The Kier molecular flexibility index (Phi) is 4.17. The highest BCUT2D eigenvalue weighted by Gasteiger charge is 2.35. The third-order valence-corrected chi connectivity index (χ3v) is 3.52. The maximum atomic E-state index is 13.6. The summed E-state index contributed by atoms with van der Waals surface area (Å²) in [5, 5.41) is 0. The summed E-state index contributed by atoms with van der Waals surface area (Å²) in [6.07, 6.45) is 1.17. The van der Waals surface area contributed by atoms with Gasteiger partial charge in [-0.15, -0.1) is 0 Å². The van der Waals surface area contributed by atoms with Gasteiger partial charge in [0.05, 0.1) is 12.6 Å². The lowest BCUT2D eigenvalue weighted by atomic mass is 9.84. The normalized spacial score (nSPS) is 18.1. The van der Waals surface area contributed by atoms with E-state index in [1.54, 1.807) is 6.07 Å². The third-order valence-electron chi connectivity index (χ3n) is 3.52. The molecule has 1 aromatic carbocycles. The maximum absolute atomic E-state index is 13.6. The van der Waals surface area contributed by atoms with Gasteiger partial charge in [0.25, 0.3) is 0 Å². The lowest BCUT2D eigenvalue weighted by Crippen LogP contribution is -2.52. The molecule has 2 rings (SSSR count). The van der Waals surface area contributed by atoms with Crippen LogP contribution in [0, 0.1) is 5.82 Å². The molecule has 0 aromatic heterocycles. The van der Waals surface area contributed by atoms with E-state index in [-0.39, 0.29) is 18.0 Å². The van der Waals surface area contributed by atoms with Crippen molar-refractivity contribution in [2.24, 2.45) is 5.73 Å². The summed E-state index contributed by atoms with van der Waals surface area (Å²) in [7, 11) is 1.40. The van der Waals surface area contributed by atoms with Crippen molar-refractivity contribution in [3.63, 3.8) is 0 Å². The smallest absolute Gasteiger partial charge is 0.165 e. The van der Waals surface area contributed by atoms with E-state index in [0.717, 1.165) is 0 Å². The first-order valence-electron chi connectivity index (χ1n) is 6.27. The van der Waals surface area contributed by atoms with Gasteiger partial charge in [-0.1, -0.05) is 6.07 Å². The molecule has 1 saturated heterocycles. The molecule has 4 nitrogen and oxygen atoms in total. The van der Waals surface area contributed by atoms with Gasteiger partial charge in [0.1, 0.15) is 0 Å². The molecule has 19 heavy (non-hydrogen) atoms. The number of carbonyl (C=O) groups excluding carboxylic acids is 1. The molecule has 1 aromatic rings. The van der Waals surface area contributed by atoms with E-state index in [1.165, 1.54) is 19.2 Å². The van der Waals surface area contributed by atoms with E-state index in [9.17, 15) is 9.18 Å². The predicted molar refractivity (Wildman–Crippen MR) is 68.6 cm³/mol. The molecule has 0 radical (unpaired) electrons. The number of methoxy groups -OCH3 is 1. The molecule has 2 N–H and O–H groups in total. The van der Waals surface area contributed by atoms with Crippen molar-refractivity contribution in [3.8, 4) is 5.75 Å². The number of hydrogen-bond acceptors (Lipinski definition) is 4. The van der Waals surface area contributed by atoms with Crippen LogP contribution < -0.4 is 10.5 Å². The van der Waals surface area contributed by atoms with Crippen LogP contribution in [0.2, 0.25) is 0 Å². The van der Waals surface area contributed by atoms with Crippen LogP contribution in [0.3, 0.4) is 0 Å². The van der Waals surface area contributed by atoms with Crippen molar-refractivity contribution >= 4 is 5.78 Å². The minimum Gasteiger partial charge on any atom is -0.494 e. The molecule has 0 aliphatic carbocycles. The molecule has 0 atom stereocenters. The Bertz CT molecular complexity index is 470. The zero-order chi connectivity index (χ0) is 13.9. The monoisotopic (exact) mass is 267 g/mol. The second-order valence-corrected chi connectivity index (χ2v) is 4.84. The zero-order valence-electron chi connectivity index (χ0n) is 10.9. The average Bonchev–Trinajstić information content (AvgIpc) is 2.40. The third kappa shape index (κ3) is 3.11. The fourth-order valence-corrected chi connectivity index (χ4v) is 2.20. The summed E-state index contributed by atoms with van der Waals surface area (Å²) in [6, 6.07) is 4.52. The standard InChI is InChI=1S/C14H18FNO3/c1-18-12-3-2-10(8-11(12)15)9-13(17)14(16)4-6-19-7-5-14/h2-3,8H,4-7,9,16H2,1H3. The molecule has 104 valence electrons. The predicted octanol–water partition coefficient (Wildman–Crippen LogP) is 1.45. The van der Waals surface area contributed by atoms with E-state index in [2.05, 4.69) is 0 Å². The van der Waals surface area contributed by atoms with Crippen molar-refractivity contribution in [1.82, 2.24) is 0 Å². The second-order valence-electron chi connectivity index (χ2n) is 4.84. The SMILES string of the molecule is COc1ccc(CC(=O)C2(N)CCOCC2)cc1F. The van der Waals surface area contributed by atoms with Crippen LogP contribution in [0.5, 0.6) is 5.75 Å². The summed E-state index contributed by atoms with van der Waals surface area (Å²) in [6.45, 7) is 0.998. The lowest BCUT2D eigenvalue weighted by Gasteiger charge is -2.31. The summed E-state index contributed by atoms with van der Waals surface area (Å²) in [5.74, 6) is -0.365. The topological polar surface area (TPSA) is 61.5 Å². The molecular weight excluding hydrogens is 249 g/mol. The average molecular weight is 267 g/mol. The van der Waals surface area contributed by atoms with Gasteiger partial charge in [0.15, 0.2) is 17.3 Å². The molecular formula is C14H18FNO3. The Morgan fingerprint density at radius 3 is 2.74 bits per heavy atom. The number of hydrogen-bond donors (Lipinski definition) is 1. The van der Waals surface area contributed by atoms with Gasteiger partial charge in [0, 0.05) is 19.6 Å². The van der Waals surface area contributed by atoms with Crippen LogP contribution >= 0.6 is 0 Å². The molecule has 0 spiro atoms.